The lowest BCUT2D eigenvalue weighted by Crippen LogP contribution is -2.19. The molecule has 90 valence electrons. The summed E-state index contributed by atoms with van der Waals surface area (Å²) >= 11 is 10.8. The molecule has 0 saturated heterocycles. The summed E-state index contributed by atoms with van der Waals surface area (Å²) in [6.07, 6.45) is 0. The van der Waals surface area contributed by atoms with Crippen molar-refractivity contribution in [1.82, 2.24) is 4.98 Å². The zero-order chi connectivity index (χ0) is 12.8. The fourth-order valence-corrected chi connectivity index (χ4v) is 1.77. The van der Waals surface area contributed by atoms with Crippen molar-refractivity contribution >= 4 is 34.1 Å². The number of rotatable bonds is 1. The van der Waals surface area contributed by atoms with Crippen LogP contribution in [-0.4, -0.2) is 15.2 Å². The van der Waals surface area contributed by atoms with Crippen LogP contribution in [0.4, 0.5) is 4.39 Å². The van der Waals surface area contributed by atoms with Gasteiger partial charge in [-0.1, -0.05) is 29.3 Å². The maximum atomic E-state index is 13.9. The van der Waals surface area contributed by atoms with Crippen LogP contribution in [0.1, 0.15) is 5.56 Å². The zero-order valence-corrected chi connectivity index (χ0v) is 9.68. The minimum absolute atomic E-state index is 0.0882. The normalized spacial score (nSPS) is 12.1. The van der Waals surface area contributed by atoms with Gasteiger partial charge >= 0.3 is 0 Å². The van der Waals surface area contributed by atoms with Crippen LogP contribution in [0, 0.1) is 5.82 Å². The van der Waals surface area contributed by atoms with Gasteiger partial charge in [-0.25, -0.2) is 4.39 Å². The smallest absolute Gasteiger partial charge is 0.274 e. The van der Waals surface area contributed by atoms with E-state index in [0.29, 0.717) is 5.39 Å². The Labute approximate surface area is 104 Å². The first kappa shape index (κ1) is 12.3. The van der Waals surface area contributed by atoms with Crippen LogP contribution in [0.15, 0.2) is 23.0 Å². The summed E-state index contributed by atoms with van der Waals surface area (Å²) in [5, 5.41) is 15.6. The summed E-state index contributed by atoms with van der Waals surface area (Å²) in [6, 6.07) is 3.73. The molecule has 0 atom stereocenters. The highest BCUT2D eigenvalue weighted by molar-refractivity contribution is 6.31. The molecule has 17 heavy (non-hydrogen) atoms. The Morgan fingerprint density at radius 1 is 1.35 bits per heavy atom. The molecular weight excluding hydrogens is 272 g/mol. The molecule has 0 amide bonds. The van der Waals surface area contributed by atoms with Crippen LogP contribution in [0.2, 0.25) is 5.02 Å². The maximum absolute atomic E-state index is 13.9. The first-order valence-electron chi connectivity index (χ1n) is 4.46. The molecule has 1 heterocycles. The summed E-state index contributed by atoms with van der Waals surface area (Å²) in [5.41, 5.74) is -1.42. The Bertz CT molecular complexity index is 648. The molecule has 0 unspecified atom stereocenters. The number of aliphatic hydroxyl groups is 2. The number of aromatic amines is 1. The molecule has 0 bridgehead atoms. The first-order valence-corrected chi connectivity index (χ1v) is 5.21. The van der Waals surface area contributed by atoms with Crippen LogP contribution >= 0.6 is 23.2 Å². The van der Waals surface area contributed by atoms with E-state index in [2.05, 4.69) is 4.98 Å². The second-order valence-corrected chi connectivity index (χ2v) is 4.36. The molecule has 0 radical (unpaired) electrons. The monoisotopic (exact) mass is 277 g/mol. The lowest BCUT2D eigenvalue weighted by molar-refractivity contribution is -0.0923. The highest BCUT2D eigenvalue weighted by Crippen LogP contribution is 2.29. The number of pyridine rings is 1. The van der Waals surface area contributed by atoms with Crippen molar-refractivity contribution in [3.05, 3.63) is 45.0 Å². The first-order chi connectivity index (χ1) is 7.80. The minimum Gasteiger partial charge on any atom is -0.350 e. The standard InChI is InChI=1S/C10H6Cl2FNO3/c11-6-3-4-1-2-5(10(12,16)17)7(13)8(4)14-9(6)15/h1-3,16-17H,(H,14,15). The number of aromatic nitrogens is 1. The van der Waals surface area contributed by atoms with E-state index in [-0.39, 0.29) is 10.5 Å². The molecule has 2 aromatic rings. The van der Waals surface area contributed by atoms with Gasteiger partial charge < -0.3 is 15.2 Å². The van der Waals surface area contributed by atoms with Gasteiger partial charge in [0.15, 0.2) is 5.82 Å². The average molecular weight is 278 g/mol. The van der Waals surface area contributed by atoms with Crippen molar-refractivity contribution in [2.75, 3.05) is 0 Å². The largest absolute Gasteiger partial charge is 0.350 e. The number of benzene rings is 1. The van der Waals surface area contributed by atoms with E-state index in [1.54, 1.807) is 0 Å². The third-order valence-corrected chi connectivity index (χ3v) is 2.74. The molecule has 7 heteroatoms. The van der Waals surface area contributed by atoms with Crippen LogP contribution in [0.25, 0.3) is 10.9 Å². The van der Waals surface area contributed by atoms with Crippen molar-refractivity contribution in [3.63, 3.8) is 0 Å². The molecule has 2 rings (SSSR count). The van der Waals surface area contributed by atoms with Gasteiger partial charge in [0.1, 0.15) is 5.02 Å². The van der Waals surface area contributed by atoms with Crippen LogP contribution in [0.3, 0.4) is 0 Å². The lowest BCUT2D eigenvalue weighted by atomic mass is 10.1. The Hall–Kier alpha value is -1.14. The molecule has 1 aromatic heterocycles. The number of fused-ring (bicyclic) bond motifs is 1. The third kappa shape index (κ3) is 2.14. The van der Waals surface area contributed by atoms with Gasteiger partial charge in [0.2, 0.25) is 0 Å². The number of hydrogen-bond donors (Lipinski definition) is 3. The van der Waals surface area contributed by atoms with Gasteiger partial charge in [0.05, 0.1) is 11.1 Å². The molecular formula is C10H6Cl2FNO3. The second-order valence-electron chi connectivity index (χ2n) is 3.42. The Morgan fingerprint density at radius 3 is 2.59 bits per heavy atom. The predicted octanol–water partition coefficient (Wildman–Crippen LogP) is 1.65. The van der Waals surface area contributed by atoms with Crippen molar-refractivity contribution in [1.29, 1.82) is 0 Å². The summed E-state index contributed by atoms with van der Waals surface area (Å²) in [5.74, 6) is -1.02. The van der Waals surface area contributed by atoms with E-state index >= 15 is 0 Å². The third-order valence-electron chi connectivity index (χ3n) is 2.25. The molecule has 3 N–H and O–H groups in total. The van der Waals surface area contributed by atoms with Gasteiger partial charge in [-0.2, -0.15) is 0 Å². The minimum atomic E-state index is -2.84. The van der Waals surface area contributed by atoms with Crippen molar-refractivity contribution in [2.45, 2.75) is 5.25 Å². The van der Waals surface area contributed by atoms with Gasteiger partial charge in [-0.05, 0) is 12.1 Å². The van der Waals surface area contributed by atoms with Crippen molar-refractivity contribution in [2.24, 2.45) is 0 Å². The molecule has 0 saturated carbocycles. The van der Waals surface area contributed by atoms with Gasteiger partial charge in [0, 0.05) is 5.39 Å². The predicted molar refractivity (Wildman–Crippen MR) is 61.5 cm³/mol. The van der Waals surface area contributed by atoms with E-state index in [9.17, 15) is 9.18 Å². The fraction of sp³-hybridized carbons (Fsp3) is 0.100. The van der Waals surface area contributed by atoms with Gasteiger partial charge in [-0.3, -0.25) is 4.79 Å². The van der Waals surface area contributed by atoms with Gasteiger partial charge in [-0.15, -0.1) is 0 Å². The molecule has 1 aromatic carbocycles. The van der Waals surface area contributed by atoms with E-state index in [0.717, 1.165) is 6.07 Å². The Kier molecular flexibility index (Phi) is 2.87. The van der Waals surface area contributed by atoms with E-state index in [1.807, 2.05) is 0 Å². The highest BCUT2D eigenvalue weighted by atomic mass is 35.5. The summed E-state index contributed by atoms with van der Waals surface area (Å²) in [7, 11) is 0. The summed E-state index contributed by atoms with van der Waals surface area (Å²) in [4.78, 5) is 13.4. The maximum Gasteiger partial charge on any atom is 0.274 e. The van der Waals surface area contributed by atoms with Crippen LogP contribution < -0.4 is 5.56 Å². The molecule has 0 aliphatic heterocycles. The summed E-state index contributed by atoms with van der Waals surface area (Å²) < 4.78 is 13.9. The number of halogens is 3. The molecule has 0 aliphatic carbocycles. The number of H-pyrrole nitrogens is 1. The van der Waals surface area contributed by atoms with Crippen LogP contribution in [-0.2, 0) is 5.25 Å². The average Bonchev–Trinajstić information content (AvgIpc) is 2.19. The SMILES string of the molecule is O=c1[nH]c2c(F)c(C(O)(O)Cl)ccc2cc1Cl. The second kappa shape index (κ2) is 3.96. The van der Waals surface area contributed by atoms with E-state index in [1.165, 1.54) is 12.1 Å². The summed E-state index contributed by atoms with van der Waals surface area (Å²) in [6.45, 7) is 0. The Morgan fingerprint density at radius 2 is 2.00 bits per heavy atom. The van der Waals surface area contributed by atoms with E-state index in [4.69, 9.17) is 33.4 Å². The number of alkyl halides is 1. The van der Waals surface area contributed by atoms with Crippen molar-refractivity contribution < 1.29 is 14.6 Å². The topological polar surface area (TPSA) is 73.3 Å². The number of hydrogen-bond acceptors (Lipinski definition) is 3. The lowest BCUT2D eigenvalue weighted by Gasteiger charge is -2.15. The van der Waals surface area contributed by atoms with E-state index < -0.39 is 22.2 Å². The zero-order valence-electron chi connectivity index (χ0n) is 8.17. The fourth-order valence-electron chi connectivity index (χ4n) is 1.46. The molecule has 0 spiro atoms. The number of nitrogens with one attached hydrogen (secondary N) is 1. The molecule has 4 nitrogen and oxygen atoms in total. The van der Waals surface area contributed by atoms with Crippen molar-refractivity contribution in [3.8, 4) is 0 Å². The van der Waals surface area contributed by atoms with Gasteiger partial charge in [0.25, 0.3) is 10.8 Å². The van der Waals surface area contributed by atoms with Crippen LogP contribution in [0.5, 0.6) is 0 Å². The highest BCUT2D eigenvalue weighted by Gasteiger charge is 2.27. The Balaban J connectivity index is 2.85. The molecule has 0 aliphatic rings. The molecule has 0 fully saturated rings. The quantitative estimate of drug-likeness (QED) is 0.548.